The number of nitrogens with zero attached hydrogens (tertiary/aromatic N) is 1. The predicted molar refractivity (Wildman–Crippen MR) is 100.0 cm³/mol. The van der Waals surface area contributed by atoms with Crippen LogP contribution in [0.25, 0.3) is 0 Å². The van der Waals surface area contributed by atoms with Gasteiger partial charge in [-0.3, -0.25) is 9.69 Å². The molecule has 1 unspecified atom stereocenters. The quantitative estimate of drug-likeness (QED) is 0.879. The zero-order chi connectivity index (χ0) is 17.6. The van der Waals surface area contributed by atoms with Gasteiger partial charge in [0.2, 0.25) is 0 Å². The van der Waals surface area contributed by atoms with Crippen LogP contribution >= 0.6 is 0 Å². The van der Waals surface area contributed by atoms with Crippen LogP contribution < -0.4 is 10.1 Å². The summed E-state index contributed by atoms with van der Waals surface area (Å²) < 4.78 is 5.41. The maximum absolute atomic E-state index is 12.3. The van der Waals surface area contributed by atoms with E-state index in [0.29, 0.717) is 24.8 Å². The van der Waals surface area contributed by atoms with Gasteiger partial charge in [-0.25, -0.2) is 0 Å². The molecular weight excluding hydrogens is 312 g/mol. The van der Waals surface area contributed by atoms with E-state index in [9.17, 15) is 4.79 Å². The topological polar surface area (TPSA) is 41.6 Å². The second kappa shape index (κ2) is 8.17. The van der Waals surface area contributed by atoms with Gasteiger partial charge in [0.05, 0.1) is 6.61 Å². The fourth-order valence-corrected chi connectivity index (χ4v) is 3.23. The minimum atomic E-state index is -0.0349. The monoisotopic (exact) mass is 338 g/mol. The number of nitrogens with one attached hydrogen (secondary N) is 1. The van der Waals surface area contributed by atoms with Crippen LogP contribution in [0.2, 0.25) is 0 Å². The number of hydrogen-bond donors (Lipinski definition) is 1. The van der Waals surface area contributed by atoms with Crippen LogP contribution in [0.4, 0.5) is 0 Å². The van der Waals surface area contributed by atoms with E-state index in [1.54, 1.807) is 0 Å². The molecule has 4 nitrogen and oxygen atoms in total. The third-order valence-electron chi connectivity index (χ3n) is 4.77. The highest BCUT2D eigenvalue weighted by Gasteiger charge is 2.20. The number of amides is 1. The number of fused-ring (bicyclic) bond motifs is 1. The molecule has 0 spiro atoms. The highest BCUT2D eigenvalue weighted by molar-refractivity contribution is 5.94. The second-order valence-corrected chi connectivity index (χ2v) is 6.51. The molecule has 1 N–H and O–H groups in total. The maximum atomic E-state index is 12.3. The van der Waals surface area contributed by atoms with Gasteiger partial charge in [0, 0.05) is 31.2 Å². The first-order valence-corrected chi connectivity index (χ1v) is 8.99. The molecule has 2 aromatic carbocycles. The largest absolute Gasteiger partial charge is 0.494 e. The van der Waals surface area contributed by atoms with Gasteiger partial charge in [-0.1, -0.05) is 24.3 Å². The summed E-state index contributed by atoms with van der Waals surface area (Å²) in [6.45, 7) is 7.39. The molecule has 2 aromatic rings. The lowest BCUT2D eigenvalue weighted by Gasteiger charge is -2.33. The highest BCUT2D eigenvalue weighted by Crippen LogP contribution is 2.20. The first-order chi connectivity index (χ1) is 12.2. The Balaban J connectivity index is 1.52. The summed E-state index contributed by atoms with van der Waals surface area (Å²) in [5.41, 5.74) is 3.52. The summed E-state index contributed by atoms with van der Waals surface area (Å²) in [7, 11) is 0. The summed E-state index contributed by atoms with van der Waals surface area (Å²) in [5, 5.41) is 3.05. The molecule has 25 heavy (non-hydrogen) atoms. The van der Waals surface area contributed by atoms with Crippen molar-refractivity contribution in [2.24, 2.45) is 0 Å². The summed E-state index contributed by atoms with van der Waals surface area (Å²) in [5.74, 6) is 0.756. The van der Waals surface area contributed by atoms with Crippen LogP contribution in [0.3, 0.4) is 0 Å². The van der Waals surface area contributed by atoms with Crippen molar-refractivity contribution in [1.82, 2.24) is 10.2 Å². The van der Waals surface area contributed by atoms with Gasteiger partial charge in [0.15, 0.2) is 0 Å². The Hall–Kier alpha value is -2.33. The van der Waals surface area contributed by atoms with Crippen molar-refractivity contribution in [3.63, 3.8) is 0 Å². The van der Waals surface area contributed by atoms with Crippen LogP contribution in [0.1, 0.15) is 35.3 Å². The first kappa shape index (κ1) is 17.5. The Bertz CT molecular complexity index is 712. The smallest absolute Gasteiger partial charge is 0.251 e. The van der Waals surface area contributed by atoms with Crippen molar-refractivity contribution in [3.8, 4) is 5.75 Å². The molecule has 0 saturated heterocycles. The van der Waals surface area contributed by atoms with Crippen LogP contribution in [0.5, 0.6) is 5.75 Å². The summed E-state index contributed by atoms with van der Waals surface area (Å²) in [6, 6.07) is 16.2. The van der Waals surface area contributed by atoms with E-state index in [1.165, 1.54) is 11.1 Å². The maximum Gasteiger partial charge on any atom is 0.251 e. The molecule has 1 atom stereocenters. The average molecular weight is 338 g/mol. The van der Waals surface area contributed by atoms with E-state index in [-0.39, 0.29) is 5.91 Å². The standard InChI is InChI=1S/C21H26N2O2/c1-3-25-20-10-8-18(9-11-20)21(24)22-14-16(2)23-13-12-17-6-4-5-7-19(17)15-23/h4-11,16H,3,12-15H2,1-2H3,(H,22,24). The van der Waals surface area contributed by atoms with E-state index in [4.69, 9.17) is 4.74 Å². The second-order valence-electron chi connectivity index (χ2n) is 6.51. The minimum absolute atomic E-state index is 0.0349. The van der Waals surface area contributed by atoms with Gasteiger partial charge >= 0.3 is 0 Å². The molecule has 132 valence electrons. The first-order valence-electron chi connectivity index (χ1n) is 8.99. The molecule has 1 amide bonds. The molecule has 1 heterocycles. The molecule has 1 aliphatic rings. The molecule has 4 heteroatoms. The number of carbonyl (C=O) groups is 1. The normalized spacial score (nSPS) is 15.3. The molecule has 0 bridgehead atoms. The third kappa shape index (κ3) is 4.40. The van der Waals surface area contributed by atoms with Gasteiger partial charge in [0.25, 0.3) is 5.91 Å². The highest BCUT2D eigenvalue weighted by atomic mass is 16.5. The number of carbonyl (C=O) groups excluding carboxylic acids is 1. The Morgan fingerprint density at radius 3 is 2.60 bits per heavy atom. The summed E-state index contributed by atoms with van der Waals surface area (Å²) >= 11 is 0. The number of ether oxygens (including phenoxy) is 1. The molecule has 1 aliphatic heterocycles. The predicted octanol–water partition coefficient (Wildman–Crippen LogP) is 3.26. The summed E-state index contributed by atoms with van der Waals surface area (Å²) in [4.78, 5) is 14.8. The lowest BCUT2D eigenvalue weighted by atomic mass is 9.99. The average Bonchev–Trinajstić information content (AvgIpc) is 2.66. The van der Waals surface area contributed by atoms with Gasteiger partial charge in [-0.2, -0.15) is 0 Å². The Morgan fingerprint density at radius 2 is 1.88 bits per heavy atom. The van der Waals surface area contributed by atoms with Crippen molar-refractivity contribution in [3.05, 3.63) is 65.2 Å². The minimum Gasteiger partial charge on any atom is -0.494 e. The van der Waals surface area contributed by atoms with Crippen LogP contribution in [0, 0.1) is 0 Å². The van der Waals surface area contributed by atoms with Crippen molar-refractivity contribution >= 4 is 5.91 Å². The summed E-state index contributed by atoms with van der Waals surface area (Å²) in [6.07, 6.45) is 1.08. The number of hydrogen-bond acceptors (Lipinski definition) is 3. The zero-order valence-electron chi connectivity index (χ0n) is 15.0. The molecule has 0 radical (unpaired) electrons. The van der Waals surface area contributed by atoms with Crippen LogP contribution in [-0.4, -0.2) is 36.5 Å². The van der Waals surface area contributed by atoms with Crippen molar-refractivity contribution in [1.29, 1.82) is 0 Å². The third-order valence-corrected chi connectivity index (χ3v) is 4.77. The lowest BCUT2D eigenvalue weighted by molar-refractivity contribution is 0.0932. The molecule has 3 rings (SSSR count). The van der Waals surface area contributed by atoms with Gasteiger partial charge in [0.1, 0.15) is 5.75 Å². The van der Waals surface area contributed by atoms with E-state index >= 15 is 0 Å². The molecule has 0 saturated carbocycles. The van der Waals surface area contributed by atoms with Gasteiger partial charge in [-0.05, 0) is 55.7 Å². The van der Waals surface area contributed by atoms with E-state index in [1.807, 2.05) is 31.2 Å². The van der Waals surface area contributed by atoms with E-state index < -0.39 is 0 Å². The van der Waals surface area contributed by atoms with E-state index in [0.717, 1.165) is 25.3 Å². The SMILES string of the molecule is CCOc1ccc(C(=O)NCC(C)N2CCc3ccccc3C2)cc1. The Morgan fingerprint density at radius 1 is 1.16 bits per heavy atom. The van der Waals surface area contributed by atoms with Crippen LogP contribution in [-0.2, 0) is 13.0 Å². The van der Waals surface area contributed by atoms with Crippen molar-refractivity contribution in [2.75, 3.05) is 19.7 Å². The molecule has 0 fully saturated rings. The van der Waals surface area contributed by atoms with Crippen molar-refractivity contribution < 1.29 is 9.53 Å². The lowest BCUT2D eigenvalue weighted by Crippen LogP contribution is -2.44. The van der Waals surface area contributed by atoms with E-state index in [2.05, 4.69) is 41.4 Å². The number of rotatable bonds is 6. The van der Waals surface area contributed by atoms with Crippen LogP contribution in [0.15, 0.2) is 48.5 Å². The van der Waals surface area contributed by atoms with Crippen molar-refractivity contribution in [2.45, 2.75) is 32.9 Å². The Labute approximate surface area is 149 Å². The molecule has 0 aromatic heterocycles. The number of benzene rings is 2. The fraction of sp³-hybridized carbons (Fsp3) is 0.381. The fourth-order valence-electron chi connectivity index (χ4n) is 3.23. The van der Waals surface area contributed by atoms with Gasteiger partial charge < -0.3 is 10.1 Å². The Kier molecular flexibility index (Phi) is 5.71. The molecule has 0 aliphatic carbocycles. The molecular formula is C21H26N2O2. The zero-order valence-corrected chi connectivity index (χ0v) is 15.0. The van der Waals surface area contributed by atoms with Gasteiger partial charge in [-0.15, -0.1) is 0 Å².